The lowest BCUT2D eigenvalue weighted by molar-refractivity contribution is 0.0968. The number of ketones is 1. The number of fused-ring (bicyclic) bond motifs is 1. The van der Waals surface area contributed by atoms with E-state index in [-0.39, 0.29) is 34.3 Å². The van der Waals surface area contributed by atoms with E-state index in [1.54, 1.807) is 24.3 Å². The molecule has 1 saturated carbocycles. The van der Waals surface area contributed by atoms with Gasteiger partial charge < -0.3 is 9.52 Å². The van der Waals surface area contributed by atoms with Crippen molar-refractivity contribution in [2.75, 3.05) is 18.8 Å². The summed E-state index contributed by atoms with van der Waals surface area (Å²) in [5.41, 5.74) is 0.633. The van der Waals surface area contributed by atoms with E-state index in [9.17, 15) is 23.1 Å². The van der Waals surface area contributed by atoms with Gasteiger partial charge >= 0.3 is 15.8 Å². The van der Waals surface area contributed by atoms with Crippen molar-refractivity contribution in [3.63, 3.8) is 0 Å². The van der Waals surface area contributed by atoms with Gasteiger partial charge in [0.05, 0.1) is 16.8 Å². The maximum Gasteiger partial charge on any atom is 0.343 e. The van der Waals surface area contributed by atoms with Crippen LogP contribution in [0, 0.1) is 5.92 Å². The lowest BCUT2D eigenvalue weighted by Gasteiger charge is -2.21. The fourth-order valence-electron chi connectivity index (χ4n) is 4.33. The summed E-state index contributed by atoms with van der Waals surface area (Å²) in [6.07, 6.45) is 4.89. The van der Waals surface area contributed by atoms with Gasteiger partial charge in [0.1, 0.15) is 11.5 Å². The number of carbonyl (C=O) groups excluding carboxylic acids is 1. The number of hydrogen-bond donors (Lipinski definition) is 2. The van der Waals surface area contributed by atoms with Gasteiger partial charge in [-0.1, -0.05) is 18.6 Å². The molecule has 1 unspecified atom stereocenters. The van der Waals surface area contributed by atoms with Gasteiger partial charge in [0.15, 0.2) is 5.78 Å². The topological polar surface area (TPSA) is 117 Å². The Kier molecular flexibility index (Phi) is 6.13. The van der Waals surface area contributed by atoms with E-state index in [0.717, 1.165) is 36.4 Å². The average Bonchev–Trinajstić information content (AvgIpc) is 3.53. The summed E-state index contributed by atoms with van der Waals surface area (Å²) in [7, 11) is -0.841. The van der Waals surface area contributed by atoms with Crippen LogP contribution in [0.15, 0.2) is 33.5 Å². The third kappa shape index (κ3) is 4.45. The second kappa shape index (κ2) is 8.71. The molecule has 1 heterocycles. The van der Waals surface area contributed by atoms with Gasteiger partial charge in [-0.25, -0.2) is 4.79 Å². The average molecular weight is 461 g/mol. The first-order valence-corrected chi connectivity index (χ1v) is 12.4. The molecule has 9 heteroatoms. The van der Waals surface area contributed by atoms with E-state index in [1.165, 1.54) is 14.1 Å². The van der Waals surface area contributed by atoms with Crippen LogP contribution in [0.1, 0.15) is 71.7 Å². The Balaban J connectivity index is 1.81. The third-order valence-electron chi connectivity index (χ3n) is 6.17. The molecule has 2 aliphatic carbocycles. The predicted octanol–water partition coefficient (Wildman–Crippen LogP) is 3.40. The van der Waals surface area contributed by atoms with Crippen LogP contribution in [-0.2, 0) is 16.6 Å². The normalized spacial score (nSPS) is 18.0. The maximum atomic E-state index is 13.0. The molecule has 4 rings (SSSR count). The van der Waals surface area contributed by atoms with Gasteiger partial charge in [-0.2, -0.15) is 12.7 Å². The fourth-order valence-corrected chi connectivity index (χ4v) is 4.94. The number of Topliss-reactive ketones (excluding diaryl/α,β-unsaturated/α-hetero) is 1. The number of benzene rings is 1. The third-order valence-corrected chi connectivity index (χ3v) is 7.63. The first-order chi connectivity index (χ1) is 15.2. The molecular formula is C23H28N2O6S. The summed E-state index contributed by atoms with van der Waals surface area (Å²) >= 11 is 0. The molecular weight excluding hydrogens is 432 g/mol. The zero-order valence-electron chi connectivity index (χ0n) is 18.3. The summed E-state index contributed by atoms with van der Waals surface area (Å²) in [4.78, 5) is 25.8. The number of carbonyl (C=O) groups is 1. The molecule has 8 nitrogen and oxygen atoms in total. The van der Waals surface area contributed by atoms with Crippen molar-refractivity contribution in [3.05, 3.63) is 57.1 Å². The highest BCUT2D eigenvalue weighted by molar-refractivity contribution is 7.90. The molecule has 0 radical (unpaired) electrons. The van der Waals surface area contributed by atoms with E-state index in [0.29, 0.717) is 24.1 Å². The quantitative estimate of drug-likeness (QED) is 0.682. The molecule has 0 bridgehead atoms. The lowest BCUT2D eigenvalue weighted by Crippen LogP contribution is -2.29. The van der Waals surface area contributed by atoms with Gasteiger partial charge in [0.25, 0.3) is 0 Å². The van der Waals surface area contributed by atoms with E-state index < -0.39 is 21.8 Å². The van der Waals surface area contributed by atoms with E-state index in [2.05, 4.69) is 4.72 Å². The van der Waals surface area contributed by atoms with Crippen molar-refractivity contribution in [3.8, 4) is 5.75 Å². The molecule has 0 saturated heterocycles. The van der Waals surface area contributed by atoms with Crippen LogP contribution in [0.4, 0.5) is 5.69 Å². The van der Waals surface area contributed by atoms with Crippen molar-refractivity contribution in [1.29, 1.82) is 0 Å². The molecule has 172 valence electrons. The molecule has 32 heavy (non-hydrogen) atoms. The second-order valence-electron chi connectivity index (χ2n) is 8.76. The minimum atomic E-state index is -3.70. The highest BCUT2D eigenvalue weighted by atomic mass is 32.2. The molecule has 2 aromatic rings. The van der Waals surface area contributed by atoms with Crippen LogP contribution in [-0.4, -0.2) is 37.7 Å². The Bertz CT molecular complexity index is 1200. The van der Waals surface area contributed by atoms with Crippen LogP contribution in [0.25, 0.3) is 0 Å². The first-order valence-electron chi connectivity index (χ1n) is 10.9. The second-order valence-corrected chi connectivity index (χ2v) is 10.6. The summed E-state index contributed by atoms with van der Waals surface area (Å²) in [6.45, 7) is 0. The number of anilines is 1. The minimum absolute atomic E-state index is 0.0905. The van der Waals surface area contributed by atoms with Gasteiger partial charge in [-0.05, 0) is 49.3 Å². The number of aromatic hydroxyl groups is 1. The van der Waals surface area contributed by atoms with Crippen molar-refractivity contribution in [1.82, 2.24) is 4.31 Å². The lowest BCUT2D eigenvalue weighted by atomic mass is 9.85. The van der Waals surface area contributed by atoms with Crippen LogP contribution < -0.4 is 10.3 Å². The Morgan fingerprint density at radius 1 is 1.12 bits per heavy atom. The van der Waals surface area contributed by atoms with E-state index in [1.807, 2.05) is 0 Å². The van der Waals surface area contributed by atoms with Crippen LogP contribution in [0.5, 0.6) is 5.75 Å². The Labute approximate surface area is 187 Å². The molecule has 0 aliphatic heterocycles. The Morgan fingerprint density at radius 2 is 1.84 bits per heavy atom. The molecule has 0 spiro atoms. The molecule has 0 amide bonds. The van der Waals surface area contributed by atoms with Crippen molar-refractivity contribution < 1.29 is 22.7 Å². The largest absolute Gasteiger partial charge is 0.506 e. The predicted molar refractivity (Wildman–Crippen MR) is 120 cm³/mol. The zero-order valence-corrected chi connectivity index (χ0v) is 19.1. The van der Waals surface area contributed by atoms with Gasteiger partial charge in [-0.3, -0.25) is 9.52 Å². The number of nitrogens with one attached hydrogen (secondary N) is 1. The fraction of sp³-hybridized carbons (Fsp3) is 0.478. The minimum Gasteiger partial charge on any atom is -0.506 e. The van der Waals surface area contributed by atoms with E-state index >= 15 is 0 Å². The number of aryl methyl sites for hydroxylation is 1. The summed E-state index contributed by atoms with van der Waals surface area (Å²) in [5, 5.41) is 11.1. The molecule has 1 atom stereocenters. The highest BCUT2D eigenvalue weighted by Crippen LogP contribution is 2.49. The summed E-state index contributed by atoms with van der Waals surface area (Å²) in [6, 6.07) is 6.80. The molecule has 2 aliphatic rings. The van der Waals surface area contributed by atoms with Crippen LogP contribution in [0.2, 0.25) is 0 Å². The maximum absolute atomic E-state index is 13.0. The number of nitrogens with zero attached hydrogens (tertiary/aromatic N) is 1. The summed E-state index contributed by atoms with van der Waals surface area (Å²) in [5.74, 6) is -0.601. The smallest absolute Gasteiger partial charge is 0.343 e. The Hall–Kier alpha value is -2.65. The molecule has 1 aromatic carbocycles. The number of rotatable bonds is 6. The standard InChI is InChI=1S/C23H28N2O6S/c1-25(2)32(29,30)24-16-8-6-7-15(13-16)19(14-11-12-14)21-22(27)20-17(26)9-4-3-5-10-18(20)31-23(21)28/h6-8,13-14,19,24,27H,3-5,9-12H2,1-2H3. The van der Waals surface area contributed by atoms with Crippen molar-refractivity contribution in [2.45, 2.75) is 50.9 Å². The van der Waals surface area contributed by atoms with Gasteiger partial charge in [0, 0.05) is 32.9 Å². The van der Waals surface area contributed by atoms with Crippen molar-refractivity contribution in [2.24, 2.45) is 5.92 Å². The van der Waals surface area contributed by atoms with Crippen LogP contribution >= 0.6 is 0 Å². The van der Waals surface area contributed by atoms with Gasteiger partial charge in [-0.15, -0.1) is 0 Å². The Morgan fingerprint density at radius 3 is 2.53 bits per heavy atom. The zero-order chi connectivity index (χ0) is 23.0. The first kappa shape index (κ1) is 22.5. The highest BCUT2D eigenvalue weighted by Gasteiger charge is 2.39. The monoisotopic (exact) mass is 460 g/mol. The van der Waals surface area contributed by atoms with E-state index in [4.69, 9.17) is 4.42 Å². The number of hydrogen-bond acceptors (Lipinski definition) is 6. The molecule has 1 fully saturated rings. The van der Waals surface area contributed by atoms with Crippen molar-refractivity contribution >= 4 is 21.7 Å². The molecule has 1 aromatic heterocycles. The molecule has 2 N–H and O–H groups in total. The van der Waals surface area contributed by atoms with Crippen LogP contribution in [0.3, 0.4) is 0 Å². The van der Waals surface area contributed by atoms with Gasteiger partial charge in [0.2, 0.25) is 0 Å². The SMILES string of the molecule is CN(C)S(=O)(=O)Nc1cccc(C(c2c(O)c3c(oc2=O)CCCCCC3=O)C2CC2)c1. The summed E-state index contributed by atoms with van der Waals surface area (Å²) < 4.78 is 33.6.